The highest BCUT2D eigenvalue weighted by Crippen LogP contribution is 2.24. The number of ether oxygens (including phenoxy) is 1. The monoisotopic (exact) mass is 299 g/mol. The lowest BCUT2D eigenvalue weighted by Crippen LogP contribution is -2.20. The molecule has 2 rings (SSSR count). The van der Waals surface area contributed by atoms with E-state index in [1.54, 1.807) is 19.1 Å². The van der Waals surface area contributed by atoms with Gasteiger partial charge in [-0.15, -0.1) is 6.58 Å². The molecule has 0 saturated carbocycles. The Balaban J connectivity index is 2.35. The minimum Gasteiger partial charge on any atom is -0.479 e. The Morgan fingerprint density at radius 1 is 1.36 bits per heavy atom. The van der Waals surface area contributed by atoms with Crippen LogP contribution in [0.5, 0.6) is 5.88 Å². The van der Waals surface area contributed by atoms with E-state index in [2.05, 4.69) is 16.5 Å². The number of aryl methyl sites for hydroxylation is 1. The van der Waals surface area contributed by atoms with Crippen molar-refractivity contribution in [3.63, 3.8) is 0 Å². The molecular formula is C16H17N3O3. The summed E-state index contributed by atoms with van der Waals surface area (Å²) in [6.45, 7) is 5.63. The SMILES string of the molecule is C=CCN(c1ccccc1)c1nc(C)cc(OCC(=O)O)n1. The third-order valence-corrected chi connectivity index (χ3v) is 2.78. The van der Waals surface area contributed by atoms with Crippen molar-refractivity contribution in [2.45, 2.75) is 6.92 Å². The number of aromatic nitrogens is 2. The van der Waals surface area contributed by atoms with E-state index in [4.69, 9.17) is 9.84 Å². The molecule has 22 heavy (non-hydrogen) atoms. The summed E-state index contributed by atoms with van der Waals surface area (Å²) in [6, 6.07) is 11.2. The Labute approximate surface area is 128 Å². The molecule has 0 atom stereocenters. The number of carboxylic acid groups (broad SMARTS) is 1. The van der Waals surface area contributed by atoms with Crippen molar-refractivity contribution >= 4 is 17.6 Å². The van der Waals surface area contributed by atoms with Crippen LogP contribution in [-0.2, 0) is 4.79 Å². The Morgan fingerprint density at radius 3 is 2.73 bits per heavy atom. The number of benzene rings is 1. The minimum absolute atomic E-state index is 0.231. The van der Waals surface area contributed by atoms with Crippen LogP contribution in [0.25, 0.3) is 0 Å². The second-order valence-corrected chi connectivity index (χ2v) is 4.56. The maximum absolute atomic E-state index is 10.6. The van der Waals surface area contributed by atoms with Gasteiger partial charge in [0, 0.05) is 24.0 Å². The average Bonchev–Trinajstić information content (AvgIpc) is 2.51. The van der Waals surface area contributed by atoms with Gasteiger partial charge in [0.25, 0.3) is 0 Å². The average molecular weight is 299 g/mol. The summed E-state index contributed by atoms with van der Waals surface area (Å²) < 4.78 is 5.15. The number of aliphatic carboxylic acids is 1. The Kier molecular flexibility index (Phi) is 5.08. The van der Waals surface area contributed by atoms with Crippen molar-refractivity contribution in [1.82, 2.24) is 9.97 Å². The molecule has 1 aromatic carbocycles. The second kappa shape index (κ2) is 7.21. The summed E-state index contributed by atoms with van der Waals surface area (Å²) in [5, 5.41) is 8.69. The van der Waals surface area contributed by atoms with E-state index in [0.29, 0.717) is 18.2 Å². The van der Waals surface area contributed by atoms with Crippen LogP contribution in [-0.4, -0.2) is 34.2 Å². The first-order chi connectivity index (χ1) is 10.6. The molecule has 1 aromatic heterocycles. The van der Waals surface area contributed by atoms with Crippen LogP contribution in [0.1, 0.15) is 5.69 Å². The van der Waals surface area contributed by atoms with Gasteiger partial charge in [0.1, 0.15) is 0 Å². The predicted molar refractivity (Wildman–Crippen MR) is 83.5 cm³/mol. The van der Waals surface area contributed by atoms with E-state index >= 15 is 0 Å². The Hall–Kier alpha value is -2.89. The zero-order chi connectivity index (χ0) is 15.9. The van der Waals surface area contributed by atoms with Gasteiger partial charge in [-0.2, -0.15) is 4.98 Å². The highest BCUT2D eigenvalue weighted by atomic mass is 16.5. The van der Waals surface area contributed by atoms with E-state index in [1.807, 2.05) is 35.2 Å². The molecule has 1 heterocycles. The number of hydrogen-bond donors (Lipinski definition) is 1. The fraction of sp³-hybridized carbons (Fsp3) is 0.188. The first-order valence-corrected chi connectivity index (χ1v) is 6.74. The number of carboxylic acids is 1. The molecule has 0 aliphatic carbocycles. The van der Waals surface area contributed by atoms with Crippen LogP contribution in [0, 0.1) is 6.92 Å². The van der Waals surface area contributed by atoms with Crippen molar-refractivity contribution in [3.05, 3.63) is 54.7 Å². The maximum atomic E-state index is 10.6. The van der Waals surface area contributed by atoms with Crippen LogP contribution < -0.4 is 9.64 Å². The number of carbonyl (C=O) groups is 1. The summed E-state index contributed by atoms with van der Waals surface area (Å²) in [4.78, 5) is 21.2. The van der Waals surface area contributed by atoms with Crippen molar-refractivity contribution in [2.75, 3.05) is 18.1 Å². The molecule has 0 saturated heterocycles. The standard InChI is InChI=1S/C16H17N3O3/c1-3-9-19(13-7-5-4-6-8-13)16-17-12(2)10-14(18-16)22-11-15(20)21/h3-8,10H,1,9,11H2,2H3,(H,20,21). The summed E-state index contributed by atoms with van der Waals surface area (Å²) >= 11 is 0. The van der Waals surface area contributed by atoms with E-state index in [1.165, 1.54) is 0 Å². The third kappa shape index (κ3) is 4.05. The van der Waals surface area contributed by atoms with Gasteiger partial charge in [-0.25, -0.2) is 9.78 Å². The van der Waals surface area contributed by atoms with Gasteiger partial charge in [0.15, 0.2) is 6.61 Å². The summed E-state index contributed by atoms with van der Waals surface area (Å²) in [5.41, 5.74) is 1.60. The summed E-state index contributed by atoms with van der Waals surface area (Å²) in [5.74, 6) is -0.384. The molecule has 6 nitrogen and oxygen atoms in total. The lowest BCUT2D eigenvalue weighted by Gasteiger charge is -2.21. The fourth-order valence-electron chi connectivity index (χ4n) is 1.89. The van der Waals surface area contributed by atoms with Gasteiger partial charge >= 0.3 is 5.97 Å². The Bertz CT molecular complexity index is 659. The highest BCUT2D eigenvalue weighted by Gasteiger charge is 2.13. The van der Waals surface area contributed by atoms with Crippen LogP contribution in [0.2, 0.25) is 0 Å². The molecule has 0 aliphatic rings. The van der Waals surface area contributed by atoms with Crippen molar-refractivity contribution < 1.29 is 14.6 Å². The van der Waals surface area contributed by atoms with Crippen LogP contribution in [0.3, 0.4) is 0 Å². The van der Waals surface area contributed by atoms with Crippen molar-refractivity contribution in [1.29, 1.82) is 0 Å². The van der Waals surface area contributed by atoms with Gasteiger partial charge < -0.3 is 14.7 Å². The quantitative estimate of drug-likeness (QED) is 0.792. The molecule has 0 amide bonds. The zero-order valence-corrected chi connectivity index (χ0v) is 12.3. The molecule has 0 unspecified atom stereocenters. The number of rotatable bonds is 7. The van der Waals surface area contributed by atoms with Crippen LogP contribution >= 0.6 is 0 Å². The molecule has 114 valence electrons. The lowest BCUT2D eigenvalue weighted by molar-refractivity contribution is -0.139. The van der Waals surface area contributed by atoms with E-state index < -0.39 is 12.6 Å². The molecule has 6 heteroatoms. The van der Waals surface area contributed by atoms with Gasteiger partial charge in [0.05, 0.1) is 0 Å². The molecule has 0 radical (unpaired) electrons. The normalized spacial score (nSPS) is 10.0. The first-order valence-electron chi connectivity index (χ1n) is 6.74. The van der Waals surface area contributed by atoms with E-state index in [0.717, 1.165) is 5.69 Å². The van der Waals surface area contributed by atoms with Gasteiger partial charge in [-0.3, -0.25) is 0 Å². The number of hydrogen-bond acceptors (Lipinski definition) is 5. The molecule has 0 aliphatic heterocycles. The molecule has 2 aromatic rings. The van der Waals surface area contributed by atoms with Crippen LogP contribution in [0.15, 0.2) is 49.1 Å². The van der Waals surface area contributed by atoms with Gasteiger partial charge in [-0.05, 0) is 19.1 Å². The maximum Gasteiger partial charge on any atom is 0.341 e. The Morgan fingerprint density at radius 2 is 2.09 bits per heavy atom. The van der Waals surface area contributed by atoms with Crippen molar-refractivity contribution in [2.24, 2.45) is 0 Å². The molecule has 0 spiro atoms. The number of para-hydroxylation sites is 1. The molecular weight excluding hydrogens is 282 g/mol. The molecule has 1 N–H and O–H groups in total. The van der Waals surface area contributed by atoms with Gasteiger partial charge in [-0.1, -0.05) is 24.3 Å². The number of anilines is 2. The van der Waals surface area contributed by atoms with Crippen LogP contribution in [0.4, 0.5) is 11.6 Å². The molecule has 0 bridgehead atoms. The lowest BCUT2D eigenvalue weighted by atomic mass is 10.3. The van der Waals surface area contributed by atoms with E-state index in [-0.39, 0.29) is 5.88 Å². The second-order valence-electron chi connectivity index (χ2n) is 4.56. The van der Waals surface area contributed by atoms with Crippen molar-refractivity contribution in [3.8, 4) is 5.88 Å². The smallest absolute Gasteiger partial charge is 0.341 e. The first kappa shape index (κ1) is 15.5. The third-order valence-electron chi connectivity index (χ3n) is 2.78. The van der Waals surface area contributed by atoms with E-state index in [9.17, 15) is 4.79 Å². The zero-order valence-electron chi connectivity index (χ0n) is 12.3. The highest BCUT2D eigenvalue weighted by molar-refractivity contribution is 5.68. The summed E-state index contributed by atoms with van der Waals surface area (Å²) in [7, 11) is 0. The molecule has 0 fully saturated rings. The largest absolute Gasteiger partial charge is 0.479 e. The van der Waals surface area contributed by atoms with Gasteiger partial charge in [0.2, 0.25) is 11.8 Å². The predicted octanol–water partition coefficient (Wildman–Crippen LogP) is 2.57. The number of nitrogens with zero attached hydrogens (tertiary/aromatic N) is 3. The minimum atomic E-state index is -1.05. The topological polar surface area (TPSA) is 75.6 Å². The fourth-order valence-corrected chi connectivity index (χ4v) is 1.89. The summed E-state index contributed by atoms with van der Waals surface area (Å²) in [6.07, 6.45) is 1.75.